The summed E-state index contributed by atoms with van der Waals surface area (Å²) in [4.78, 5) is 0. The molecule has 0 spiro atoms. The van der Waals surface area contributed by atoms with E-state index in [4.69, 9.17) is 0 Å². The molecule has 0 aromatic rings. The molecule has 1 nitrogen and oxygen atoms in total. The largest absolute Gasteiger partial charge is 0.312 e. The van der Waals surface area contributed by atoms with Crippen LogP contribution in [0.4, 0.5) is 8.78 Å². The zero-order chi connectivity index (χ0) is 9.90. The molecule has 1 aliphatic carbocycles. The van der Waals surface area contributed by atoms with Crippen LogP contribution in [0.25, 0.3) is 0 Å². The Balaban J connectivity index is 2.45. The van der Waals surface area contributed by atoms with E-state index in [1.54, 1.807) is 0 Å². The number of hydrogen-bond donors (Lipinski definition) is 1. The highest BCUT2D eigenvalue weighted by atomic mass is 19.3. The first-order valence-corrected chi connectivity index (χ1v) is 5.13. The van der Waals surface area contributed by atoms with E-state index in [2.05, 4.69) is 5.32 Å². The van der Waals surface area contributed by atoms with Gasteiger partial charge in [-0.2, -0.15) is 0 Å². The van der Waals surface area contributed by atoms with Crippen molar-refractivity contribution in [2.75, 3.05) is 0 Å². The van der Waals surface area contributed by atoms with E-state index in [9.17, 15) is 8.78 Å². The number of alkyl halides is 2. The van der Waals surface area contributed by atoms with Gasteiger partial charge in [0.05, 0.1) is 0 Å². The zero-order valence-electron chi connectivity index (χ0n) is 8.45. The topological polar surface area (TPSA) is 12.0 Å². The van der Waals surface area contributed by atoms with Gasteiger partial charge < -0.3 is 5.32 Å². The summed E-state index contributed by atoms with van der Waals surface area (Å²) in [5.74, 6) is -2.44. The number of hydrogen-bond acceptors (Lipinski definition) is 1. The molecule has 0 aromatic heterocycles. The summed E-state index contributed by atoms with van der Waals surface area (Å²) in [6.45, 7) is 4.01. The lowest BCUT2D eigenvalue weighted by molar-refractivity contribution is -0.0205. The molecule has 1 unspecified atom stereocenters. The fourth-order valence-electron chi connectivity index (χ4n) is 1.95. The van der Waals surface area contributed by atoms with E-state index in [0.717, 1.165) is 12.8 Å². The third kappa shape index (κ3) is 4.03. The smallest absolute Gasteiger partial charge is 0.249 e. The van der Waals surface area contributed by atoms with E-state index in [-0.39, 0.29) is 18.9 Å². The van der Waals surface area contributed by atoms with E-state index in [0.29, 0.717) is 12.5 Å². The van der Waals surface area contributed by atoms with Gasteiger partial charge in [0, 0.05) is 24.9 Å². The van der Waals surface area contributed by atoms with Gasteiger partial charge in [-0.1, -0.05) is 20.3 Å². The SMILES string of the molecule is CC(C)NC1CCCCC(F)(F)C1. The lowest BCUT2D eigenvalue weighted by atomic mass is 10.1. The summed E-state index contributed by atoms with van der Waals surface area (Å²) in [7, 11) is 0. The van der Waals surface area contributed by atoms with Crippen LogP contribution in [-0.2, 0) is 0 Å². The van der Waals surface area contributed by atoms with Gasteiger partial charge >= 0.3 is 0 Å². The molecule has 0 aliphatic heterocycles. The molecule has 1 saturated carbocycles. The molecule has 3 heteroatoms. The molecule has 1 aliphatic rings. The first-order chi connectivity index (χ1) is 5.99. The minimum absolute atomic E-state index is 0.0116. The van der Waals surface area contributed by atoms with Crippen LogP contribution in [0.5, 0.6) is 0 Å². The molecule has 1 fully saturated rings. The first kappa shape index (κ1) is 10.9. The molecule has 1 rings (SSSR count). The molecule has 0 heterocycles. The Morgan fingerprint density at radius 2 is 2.00 bits per heavy atom. The molecule has 0 radical (unpaired) electrons. The maximum Gasteiger partial charge on any atom is 0.249 e. The van der Waals surface area contributed by atoms with Crippen LogP contribution in [-0.4, -0.2) is 18.0 Å². The van der Waals surface area contributed by atoms with Crippen molar-refractivity contribution in [3.05, 3.63) is 0 Å². The molecule has 0 aromatic carbocycles. The Morgan fingerprint density at radius 3 is 2.62 bits per heavy atom. The van der Waals surface area contributed by atoms with Crippen molar-refractivity contribution < 1.29 is 8.78 Å². The van der Waals surface area contributed by atoms with Gasteiger partial charge in [-0.05, 0) is 12.8 Å². The second-order valence-corrected chi connectivity index (χ2v) is 4.32. The van der Waals surface area contributed by atoms with Crippen molar-refractivity contribution in [1.29, 1.82) is 0 Å². The van der Waals surface area contributed by atoms with Crippen LogP contribution in [0.3, 0.4) is 0 Å². The van der Waals surface area contributed by atoms with Crippen molar-refractivity contribution in [3.8, 4) is 0 Å². The molecular weight excluding hydrogens is 172 g/mol. The average Bonchev–Trinajstić information content (AvgIpc) is 2.09. The summed E-state index contributed by atoms with van der Waals surface area (Å²) in [5.41, 5.74) is 0. The Morgan fingerprint density at radius 1 is 1.31 bits per heavy atom. The van der Waals surface area contributed by atoms with E-state index >= 15 is 0 Å². The van der Waals surface area contributed by atoms with Crippen molar-refractivity contribution in [2.24, 2.45) is 0 Å². The number of halogens is 2. The maximum absolute atomic E-state index is 13.1. The summed E-state index contributed by atoms with van der Waals surface area (Å²) < 4.78 is 26.2. The fraction of sp³-hybridized carbons (Fsp3) is 1.00. The van der Waals surface area contributed by atoms with Gasteiger partial charge in [0.15, 0.2) is 0 Å². The highest BCUT2D eigenvalue weighted by Crippen LogP contribution is 2.31. The van der Waals surface area contributed by atoms with E-state index in [1.165, 1.54) is 0 Å². The van der Waals surface area contributed by atoms with Gasteiger partial charge in [0.2, 0.25) is 5.92 Å². The van der Waals surface area contributed by atoms with Gasteiger partial charge in [-0.3, -0.25) is 0 Å². The summed E-state index contributed by atoms with van der Waals surface area (Å²) in [6, 6.07) is 0.316. The highest BCUT2D eigenvalue weighted by molar-refractivity contribution is 4.81. The highest BCUT2D eigenvalue weighted by Gasteiger charge is 2.34. The normalized spacial score (nSPS) is 28.8. The molecular formula is C10H19F2N. The maximum atomic E-state index is 13.1. The summed E-state index contributed by atoms with van der Waals surface area (Å²) in [5, 5.41) is 3.20. The predicted octanol–water partition coefficient (Wildman–Crippen LogP) is 2.95. The lowest BCUT2D eigenvalue weighted by Crippen LogP contribution is -2.37. The first-order valence-electron chi connectivity index (χ1n) is 5.13. The lowest BCUT2D eigenvalue weighted by Gasteiger charge is -2.22. The van der Waals surface area contributed by atoms with Crippen molar-refractivity contribution in [3.63, 3.8) is 0 Å². The van der Waals surface area contributed by atoms with Gasteiger partial charge in [-0.25, -0.2) is 8.78 Å². The second-order valence-electron chi connectivity index (χ2n) is 4.32. The van der Waals surface area contributed by atoms with Crippen LogP contribution in [0, 0.1) is 0 Å². The Bertz CT molecular complexity index is 157. The van der Waals surface area contributed by atoms with Crippen molar-refractivity contribution in [2.45, 2.75) is 64.0 Å². The summed E-state index contributed by atoms with van der Waals surface area (Å²) in [6.07, 6.45) is 2.59. The van der Waals surface area contributed by atoms with Crippen molar-refractivity contribution in [1.82, 2.24) is 5.32 Å². The molecule has 0 amide bonds. The Labute approximate surface area is 78.9 Å². The van der Waals surface area contributed by atoms with Crippen molar-refractivity contribution >= 4 is 0 Å². The second kappa shape index (κ2) is 4.36. The number of nitrogens with one attached hydrogen (secondary N) is 1. The summed E-state index contributed by atoms with van der Waals surface area (Å²) >= 11 is 0. The Kier molecular flexibility index (Phi) is 3.65. The van der Waals surface area contributed by atoms with Gasteiger partial charge in [-0.15, -0.1) is 0 Å². The number of rotatable bonds is 2. The van der Waals surface area contributed by atoms with Gasteiger partial charge in [0.25, 0.3) is 0 Å². The molecule has 78 valence electrons. The third-order valence-electron chi connectivity index (χ3n) is 2.46. The third-order valence-corrected chi connectivity index (χ3v) is 2.46. The molecule has 13 heavy (non-hydrogen) atoms. The Hall–Kier alpha value is -0.180. The molecule has 1 N–H and O–H groups in total. The van der Waals surface area contributed by atoms with Gasteiger partial charge in [0.1, 0.15) is 0 Å². The van der Waals surface area contributed by atoms with Crippen LogP contribution in [0.15, 0.2) is 0 Å². The predicted molar refractivity (Wildman–Crippen MR) is 50.1 cm³/mol. The van der Waals surface area contributed by atoms with E-state index < -0.39 is 5.92 Å². The minimum atomic E-state index is -2.44. The van der Waals surface area contributed by atoms with Crippen LogP contribution in [0.1, 0.15) is 46.0 Å². The van der Waals surface area contributed by atoms with E-state index in [1.807, 2.05) is 13.8 Å². The standard InChI is InChI=1S/C10H19F2N/c1-8(2)13-9-5-3-4-6-10(11,12)7-9/h8-9,13H,3-7H2,1-2H3. The van der Waals surface area contributed by atoms with Crippen LogP contribution < -0.4 is 5.32 Å². The zero-order valence-corrected chi connectivity index (χ0v) is 8.45. The van der Waals surface area contributed by atoms with Crippen LogP contribution >= 0.6 is 0 Å². The fourth-order valence-corrected chi connectivity index (χ4v) is 1.95. The molecule has 1 atom stereocenters. The monoisotopic (exact) mass is 191 g/mol. The average molecular weight is 191 g/mol. The minimum Gasteiger partial charge on any atom is -0.312 e. The quantitative estimate of drug-likeness (QED) is 0.662. The van der Waals surface area contributed by atoms with Crippen LogP contribution in [0.2, 0.25) is 0 Å². The molecule has 0 saturated heterocycles. The molecule has 0 bridgehead atoms.